The molecule has 1 aromatic carbocycles. The number of hydrogen-bond donors (Lipinski definition) is 1. The second-order valence-corrected chi connectivity index (χ2v) is 4.73. The number of benzene rings is 1. The van der Waals surface area contributed by atoms with E-state index in [-0.39, 0.29) is 10.7 Å². The first-order chi connectivity index (χ1) is 9.75. The van der Waals surface area contributed by atoms with Crippen molar-refractivity contribution in [2.75, 3.05) is 0 Å². The quantitative estimate of drug-likeness (QED) is 0.873. The van der Waals surface area contributed by atoms with Crippen LogP contribution in [0.25, 0.3) is 0 Å². The van der Waals surface area contributed by atoms with Crippen molar-refractivity contribution in [3.63, 3.8) is 0 Å². The number of hydrogen-bond acceptors (Lipinski definition) is 2. The Morgan fingerprint density at radius 3 is 2.62 bits per heavy atom. The average molecular weight is 323 g/mol. The molecular weight excluding hydrogens is 312 g/mol. The van der Waals surface area contributed by atoms with Crippen LogP contribution in [0.4, 0.5) is 17.6 Å². The summed E-state index contributed by atoms with van der Waals surface area (Å²) in [5.41, 5.74) is -1.67. The molecule has 1 atom stereocenters. The van der Waals surface area contributed by atoms with Gasteiger partial charge in [-0.25, -0.2) is 4.39 Å². The lowest BCUT2D eigenvalue weighted by Crippen LogP contribution is -2.16. The van der Waals surface area contributed by atoms with Crippen LogP contribution in [-0.4, -0.2) is 14.9 Å². The first-order valence-electron chi connectivity index (χ1n) is 6.01. The molecule has 2 aromatic rings. The van der Waals surface area contributed by atoms with Crippen molar-refractivity contribution in [1.82, 2.24) is 9.78 Å². The maximum absolute atomic E-state index is 13.1. The van der Waals surface area contributed by atoms with E-state index in [0.29, 0.717) is 12.6 Å². The fraction of sp³-hybridized carbons (Fsp3) is 0.308. The topological polar surface area (TPSA) is 38.0 Å². The number of halogens is 5. The number of aryl methyl sites for hydroxylation is 1. The molecule has 0 bridgehead atoms. The molecule has 2 rings (SSSR count). The number of aliphatic hydroxyl groups excluding tert-OH is 1. The van der Waals surface area contributed by atoms with E-state index in [9.17, 15) is 22.7 Å². The van der Waals surface area contributed by atoms with Gasteiger partial charge < -0.3 is 5.11 Å². The normalized spacial score (nSPS) is 13.5. The minimum Gasteiger partial charge on any atom is -0.382 e. The highest BCUT2D eigenvalue weighted by atomic mass is 35.5. The first-order valence-corrected chi connectivity index (χ1v) is 6.39. The summed E-state index contributed by atoms with van der Waals surface area (Å²) in [6.45, 7) is 2.02. The minimum absolute atomic E-state index is 0.0382. The van der Waals surface area contributed by atoms with Gasteiger partial charge in [-0.15, -0.1) is 0 Å². The first kappa shape index (κ1) is 15.8. The van der Waals surface area contributed by atoms with E-state index >= 15 is 0 Å². The number of nitrogens with zero attached hydrogens (tertiary/aromatic N) is 2. The largest absolute Gasteiger partial charge is 0.416 e. The average Bonchev–Trinajstić information content (AvgIpc) is 2.78. The number of aromatic nitrogens is 2. The lowest BCUT2D eigenvalue weighted by molar-refractivity contribution is -0.139. The Morgan fingerprint density at radius 2 is 2.05 bits per heavy atom. The second-order valence-electron chi connectivity index (χ2n) is 4.33. The Kier molecular flexibility index (Phi) is 4.25. The number of alkyl halides is 3. The fourth-order valence-electron chi connectivity index (χ4n) is 2.06. The summed E-state index contributed by atoms with van der Waals surface area (Å²) >= 11 is 5.87. The molecule has 0 spiro atoms. The predicted octanol–water partition coefficient (Wildman–Crippen LogP) is 3.80. The van der Waals surface area contributed by atoms with E-state index in [1.807, 2.05) is 0 Å². The highest BCUT2D eigenvalue weighted by Gasteiger charge is 2.36. The van der Waals surface area contributed by atoms with Gasteiger partial charge in [0.2, 0.25) is 0 Å². The van der Waals surface area contributed by atoms with Gasteiger partial charge in [0.25, 0.3) is 0 Å². The van der Waals surface area contributed by atoms with Gasteiger partial charge in [-0.3, -0.25) is 4.68 Å². The summed E-state index contributed by atoms with van der Waals surface area (Å²) in [7, 11) is 0. The van der Waals surface area contributed by atoms with Crippen molar-refractivity contribution < 1.29 is 22.7 Å². The molecule has 0 saturated carbocycles. The molecule has 1 N–H and O–H groups in total. The monoisotopic (exact) mass is 322 g/mol. The van der Waals surface area contributed by atoms with Gasteiger partial charge >= 0.3 is 6.18 Å². The van der Waals surface area contributed by atoms with E-state index in [2.05, 4.69) is 5.10 Å². The zero-order valence-corrected chi connectivity index (χ0v) is 11.6. The van der Waals surface area contributed by atoms with Crippen LogP contribution in [0.2, 0.25) is 5.02 Å². The molecule has 1 aromatic heterocycles. The van der Waals surface area contributed by atoms with E-state index < -0.39 is 29.2 Å². The number of aliphatic hydroxyl groups is 1. The van der Waals surface area contributed by atoms with Gasteiger partial charge in [0.05, 0.1) is 22.5 Å². The summed E-state index contributed by atoms with van der Waals surface area (Å²) in [5, 5.41) is 14.1. The van der Waals surface area contributed by atoms with Gasteiger partial charge in [-0.2, -0.15) is 18.3 Å². The van der Waals surface area contributed by atoms with Gasteiger partial charge in [0.1, 0.15) is 11.9 Å². The van der Waals surface area contributed by atoms with Crippen molar-refractivity contribution >= 4 is 11.6 Å². The smallest absolute Gasteiger partial charge is 0.382 e. The van der Waals surface area contributed by atoms with Crippen LogP contribution in [0.1, 0.15) is 29.8 Å². The zero-order valence-electron chi connectivity index (χ0n) is 10.8. The molecule has 8 heteroatoms. The lowest BCUT2D eigenvalue weighted by Gasteiger charge is -2.19. The van der Waals surface area contributed by atoms with Gasteiger partial charge in [-0.05, 0) is 24.6 Å². The minimum atomic E-state index is -4.79. The molecule has 1 unspecified atom stereocenters. The molecule has 0 aliphatic heterocycles. The molecule has 1 heterocycles. The van der Waals surface area contributed by atoms with Gasteiger partial charge in [0.15, 0.2) is 0 Å². The van der Waals surface area contributed by atoms with Gasteiger partial charge in [-0.1, -0.05) is 17.7 Å². The number of rotatable bonds is 3. The predicted molar refractivity (Wildman–Crippen MR) is 68.4 cm³/mol. The molecule has 21 heavy (non-hydrogen) atoms. The third-order valence-corrected chi connectivity index (χ3v) is 3.30. The van der Waals surface area contributed by atoms with Crippen molar-refractivity contribution in [1.29, 1.82) is 0 Å². The van der Waals surface area contributed by atoms with E-state index in [1.165, 1.54) is 10.9 Å². The van der Waals surface area contributed by atoms with Crippen molar-refractivity contribution in [3.8, 4) is 0 Å². The van der Waals surface area contributed by atoms with Crippen LogP contribution in [0, 0.1) is 5.82 Å². The third-order valence-electron chi connectivity index (χ3n) is 3.01. The fourth-order valence-corrected chi connectivity index (χ4v) is 2.30. The molecule has 0 aliphatic carbocycles. The van der Waals surface area contributed by atoms with E-state index in [0.717, 1.165) is 12.1 Å². The Bertz CT molecular complexity index is 654. The molecule has 3 nitrogen and oxygen atoms in total. The van der Waals surface area contributed by atoms with Crippen LogP contribution < -0.4 is 0 Å². The van der Waals surface area contributed by atoms with Crippen LogP contribution >= 0.6 is 11.6 Å². The summed E-state index contributed by atoms with van der Waals surface area (Å²) in [4.78, 5) is 0. The van der Waals surface area contributed by atoms with Crippen molar-refractivity contribution in [2.24, 2.45) is 0 Å². The maximum atomic E-state index is 13.1. The standard InChI is InChI=1S/C13H11ClF4N2O/c1-2-20-11(10(14)6-19-20)12(21)8-4-3-7(15)5-9(8)13(16,17)18/h3-6,12,21H,2H2,1H3. The van der Waals surface area contributed by atoms with Crippen molar-refractivity contribution in [2.45, 2.75) is 25.7 Å². The van der Waals surface area contributed by atoms with E-state index in [4.69, 9.17) is 11.6 Å². The SMILES string of the molecule is CCn1ncc(Cl)c1C(O)c1ccc(F)cc1C(F)(F)F. The molecular formula is C13H11ClF4N2O. The summed E-state index contributed by atoms with van der Waals surface area (Å²) < 4.78 is 53.3. The zero-order chi connectivity index (χ0) is 15.8. The highest BCUT2D eigenvalue weighted by molar-refractivity contribution is 6.31. The summed E-state index contributed by atoms with van der Waals surface area (Å²) in [6, 6.07) is 2.10. The van der Waals surface area contributed by atoms with Crippen LogP contribution in [0.3, 0.4) is 0 Å². The van der Waals surface area contributed by atoms with Gasteiger partial charge in [0, 0.05) is 6.54 Å². The molecule has 0 radical (unpaired) electrons. The third kappa shape index (κ3) is 3.03. The highest BCUT2D eigenvalue weighted by Crippen LogP contribution is 2.38. The molecule has 0 aliphatic rings. The Labute approximate surface area is 122 Å². The van der Waals surface area contributed by atoms with Crippen LogP contribution in [0.5, 0.6) is 0 Å². The lowest BCUT2D eigenvalue weighted by atomic mass is 9.99. The Hall–Kier alpha value is -1.60. The van der Waals surface area contributed by atoms with Crippen LogP contribution in [0.15, 0.2) is 24.4 Å². The molecule has 0 fully saturated rings. The summed E-state index contributed by atoms with van der Waals surface area (Å²) in [6.07, 6.45) is -5.21. The summed E-state index contributed by atoms with van der Waals surface area (Å²) in [5.74, 6) is -1.03. The second kappa shape index (κ2) is 5.65. The molecule has 114 valence electrons. The molecule has 0 saturated heterocycles. The van der Waals surface area contributed by atoms with E-state index in [1.54, 1.807) is 6.92 Å². The maximum Gasteiger partial charge on any atom is 0.416 e. The molecule has 0 amide bonds. The van der Waals surface area contributed by atoms with Crippen molar-refractivity contribution in [3.05, 3.63) is 52.1 Å². The Morgan fingerprint density at radius 1 is 1.38 bits per heavy atom. The Balaban J connectivity index is 2.58. The van der Waals surface area contributed by atoms with Crippen LogP contribution in [-0.2, 0) is 12.7 Å².